The Bertz CT molecular complexity index is 559. The molecular formula is C17H19FN2O. The minimum absolute atomic E-state index is 0.172. The molecule has 1 saturated heterocycles. The minimum Gasteiger partial charge on any atom is -0.375 e. The molecule has 0 aliphatic carbocycles. The summed E-state index contributed by atoms with van der Waals surface area (Å²) in [6, 6.07) is 10.8. The van der Waals surface area contributed by atoms with Crippen molar-refractivity contribution in [2.75, 3.05) is 19.7 Å². The van der Waals surface area contributed by atoms with Gasteiger partial charge < -0.3 is 4.74 Å². The summed E-state index contributed by atoms with van der Waals surface area (Å²) < 4.78 is 18.8. The molecule has 3 nitrogen and oxygen atoms in total. The number of rotatable bonds is 4. The average molecular weight is 286 g/mol. The van der Waals surface area contributed by atoms with Crippen LogP contribution in [0.1, 0.15) is 11.1 Å². The minimum atomic E-state index is -0.192. The first-order valence-electron chi connectivity index (χ1n) is 7.27. The molecule has 1 fully saturated rings. The van der Waals surface area contributed by atoms with Gasteiger partial charge in [0.15, 0.2) is 0 Å². The van der Waals surface area contributed by atoms with Gasteiger partial charge in [-0.05, 0) is 41.8 Å². The van der Waals surface area contributed by atoms with Crippen LogP contribution in [0, 0.1) is 5.82 Å². The third-order valence-electron chi connectivity index (χ3n) is 3.76. The highest BCUT2D eigenvalue weighted by molar-refractivity contribution is 5.17. The molecule has 0 amide bonds. The Kier molecular flexibility index (Phi) is 4.58. The van der Waals surface area contributed by atoms with Gasteiger partial charge in [-0.15, -0.1) is 0 Å². The molecule has 4 heteroatoms. The largest absolute Gasteiger partial charge is 0.375 e. The molecule has 0 spiro atoms. The second kappa shape index (κ2) is 6.78. The SMILES string of the molecule is Fc1ccc(CC2CN(Cc3ccncc3)CCO2)cc1. The van der Waals surface area contributed by atoms with Crippen molar-refractivity contribution in [1.82, 2.24) is 9.88 Å². The number of halogens is 1. The van der Waals surface area contributed by atoms with Crippen LogP contribution in [-0.2, 0) is 17.7 Å². The maximum absolute atomic E-state index is 12.9. The van der Waals surface area contributed by atoms with Crippen LogP contribution in [-0.4, -0.2) is 35.7 Å². The molecule has 1 unspecified atom stereocenters. The van der Waals surface area contributed by atoms with Gasteiger partial charge in [0.05, 0.1) is 12.7 Å². The normalized spacial score (nSPS) is 19.6. The third-order valence-corrected chi connectivity index (χ3v) is 3.76. The van der Waals surface area contributed by atoms with Gasteiger partial charge in [0.25, 0.3) is 0 Å². The van der Waals surface area contributed by atoms with Gasteiger partial charge in [0.2, 0.25) is 0 Å². The van der Waals surface area contributed by atoms with Crippen LogP contribution in [0.3, 0.4) is 0 Å². The first kappa shape index (κ1) is 14.2. The predicted molar refractivity (Wildman–Crippen MR) is 79.4 cm³/mol. The molecule has 1 aliphatic rings. The van der Waals surface area contributed by atoms with Gasteiger partial charge in [-0.2, -0.15) is 0 Å². The molecule has 2 heterocycles. The van der Waals surface area contributed by atoms with E-state index in [4.69, 9.17) is 4.74 Å². The zero-order valence-electron chi connectivity index (χ0n) is 11.9. The first-order chi connectivity index (χ1) is 10.3. The number of hydrogen-bond acceptors (Lipinski definition) is 3. The lowest BCUT2D eigenvalue weighted by atomic mass is 10.1. The molecule has 0 radical (unpaired) electrons. The quantitative estimate of drug-likeness (QED) is 0.864. The van der Waals surface area contributed by atoms with Crippen molar-refractivity contribution in [2.24, 2.45) is 0 Å². The summed E-state index contributed by atoms with van der Waals surface area (Å²) >= 11 is 0. The van der Waals surface area contributed by atoms with Crippen LogP contribution >= 0.6 is 0 Å². The van der Waals surface area contributed by atoms with E-state index in [0.717, 1.165) is 38.2 Å². The van der Waals surface area contributed by atoms with Crippen LogP contribution in [0.4, 0.5) is 4.39 Å². The van der Waals surface area contributed by atoms with Crippen molar-refractivity contribution in [2.45, 2.75) is 19.1 Å². The standard InChI is InChI=1S/C17H19FN2O/c18-16-3-1-14(2-4-16)11-17-13-20(9-10-21-17)12-15-5-7-19-8-6-15/h1-8,17H,9-13H2. The van der Waals surface area contributed by atoms with Gasteiger partial charge in [0.1, 0.15) is 5.82 Å². The Morgan fingerprint density at radius 3 is 2.62 bits per heavy atom. The lowest BCUT2D eigenvalue weighted by molar-refractivity contribution is -0.0305. The van der Waals surface area contributed by atoms with Gasteiger partial charge in [-0.25, -0.2) is 4.39 Å². The van der Waals surface area contributed by atoms with E-state index >= 15 is 0 Å². The van der Waals surface area contributed by atoms with E-state index < -0.39 is 0 Å². The Morgan fingerprint density at radius 2 is 1.86 bits per heavy atom. The number of pyridine rings is 1. The molecule has 2 aromatic rings. The molecular weight excluding hydrogens is 267 g/mol. The lowest BCUT2D eigenvalue weighted by Gasteiger charge is -2.33. The van der Waals surface area contributed by atoms with E-state index in [1.165, 1.54) is 17.7 Å². The Balaban J connectivity index is 1.57. The second-order valence-electron chi connectivity index (χ2n) is 5.41. The van der Waals surface area contributed by atoms with Crippen LogP contribution in [0.15, 0.2) is 48.8 Å². The molecule has 21 heavy (non-hydrogen) atoms. The van der Waals surface area contributed by atoms with E-state index in [2.05, 4.69) is 9.88 Å². The van der Waals surface area contributed by atoms with Gasteiger partial charge in [0, 0.05) is 32.0 Å². The highest BCUT2D eigenvalue weighted by atomic mass is 19.1. The zero-order valence-corrected chi connectivity index (χ0v) is 11.9. The third kappa shape index (κ3) is 4.09. The summed E-state index contributed by atoms with van der Waals surface area (Å²) in [5, 5.41) is 0. The first-order valence-corrected chi connectivity index (χ1v) is 7.27. The predicted octanol–water partition coefficient (Wildman–Crippen LogP) is 2.66. The van der Waals surface area contributed by atoms with Crippen molar-refractivity contribution < 1.29 is 9.13 Å². The average Bonchev–Trinajstić information content (AvgIpc) is 2.51. The molecule has 0 saturated carbocycles. The van der Waals surface area contributed by atoms with E-state index in [0.29, 0.717) is 0 Å². The lowest BCUT2D eigenvalue weighted by Crippen LogP contribution is -2.42. The van der Waals surface area contributed by atoms with E-state index in [-0.39, 0.29) is 11.9 Å². The molecule has 1 aromatic heterocycles. The number of aromatic nitrogens is 1. The maximum Gasteiger partial charge on any atom is 0.123 e. The van der Waals surface area contributed by atoms with Gasteiger partial charge in [-0.1, -0.05) is 12.1 Å². The molecule has 1 aliphatic heterocycles. The summed E-state index contributed by atoms with van der Waals surface area (Å²) in [4.78, 5) is 6.44. The number of nitrogens with zero attached hydrogens (tertiary/aromatic N) is 2. The van der Waals surface area contributed by atoms with Crippen molar-refractivity contribution in [3.8, 4) is 0 Å². The number of ether oxygens (including phenoxy) is 1. The second-order valence-corrected chi connectivity index (χ2v) is 5.41. The van der Waals surface area contributed by atoms with Crippen molar-refractivity contribution in [3.05, 3.63) is 65.7 Å². The number of hydrogen-bond donors (Lipinski definition) is 0. The monoisotopic (exact) mass is 286 g/mol. The van der Waals surface area contributed by atoms with Gasteiger partial charge in [-0.3, -0.25) is 9.88 Å². The van der Waals surface area contributed by atoms with E-state index in [9.17, 15) is 4.39 Å². The van der Waals surface area contributed by atoms with Crippen LogP contribution in [0.2, 0.25) is 0 Å². The number of benzene rings is 1. The Labute approximate surface area is 124 Å². The Hall–Kier alpha value is -1.78. The Morgan fingerprint density at radius 1 is 1.10 bits per heavy atom. The topological polar surface area (TPSA) is 25.4 Å². The molecule has 0 N–H and O–H groups in total. The fraction of sp³-hybridized carbons (Fsp3) is 0.353. The van der Waals surface area contributed by atoms with Crippen molar-refractivity contribution in [3.63, 3.8) is 0 Å². The molecule has 1 atom stereocenters. The molecule has 3 rings (SSSR count). The summed E-state index contributed by atoms with van der Waals surface area (Å²) in [5.74, 6) is -0.192. The highest BCUT2D eigenvalue weighted by Crippen LogP contribution is 2.14. The number of morpholine rings is 1. The van der Waals surface area contributed by atoms with Crippen LogP contribution < -0.4 is 0 Å². The fourth-order valence-corrected chi connectivity index (χ4v) is 2.68. The highest BCUT2D eigenvalue weighted by Gasteiger charge is 2.20. The summed E-state index contributed by atoms with van der Waals surface area (Å²) in [5.41, 5.74) is 2.39. The van der Waals surface area contributed by atoms with E-state index in [1.54, 1.807) is 0 Å². The van der Waals surface area contributed by atoms with Crippen LogP contribution in [0.25, 0.3) is 0 Å². The van der Waals surface area contributed by atoms with Gasteiger partial charge >= 0.3 is 0 Å². The van der Waals surface area contributed by atoms with E-state index in [1.807, 2.05) is 36.7 Å². The molecule has 0 bridgehead atoms. The fourth-order valence-electron chi connectivity index (χ4n) is 2.68. The van der Waals surface area contributed by atoms with Crippen LogP contribution in [0.5, 0.6) is 0 Å². The zero-order chi connectivity index (χ0) is 14.5. The maximum atomic E-state index is 12.9. The summed E-state index contributed by atoms with van der Waals surface area (Å²) in [7, 11) is 0. The smallest absolute Gasteiger partial charge is 0.123 e. The molecule has 1 aromatic carbocycles. The van der Waals surface area contributed by atoms with Crippen molar-refractivity contribution in [1.29, 1.82) is 0 Å². The summed E-state index contributed by atoms with van der Waals surface area (Å²) in [6.45, 7) is 3.52. The summed E-state index contributed by atoms with van der Waals surface area (Å²) in [6.07, 6.45) is 4.65. The van der Waals surface area contributed by atoms with Crippen molar-refractivity contribution >= 4 is 0 Å². The molecule has 110 valence electrons.